The van der Waals surface area contributed by atoms with Crippen LogP contribution in [0, 0.1) is 5.82 Å². The van der Waals surface area contributed by atoms with Crippen LogP contribution in [-0.2, 0) is 0 Å². The molecule has 2 nitrogen and oxygen atoms in total. The van der Waals surface area contributed by atoms with Crippen LogP contribution in [0.25, 0.3) is 0 Å². The maximum atomic E-state index is 12.8. The standard InChI is InChI=1S/C9H11ClFNO.ClH/c1-12-9(5-13)6-2-3-8(11)7(10)4-6;/h2-4,9,12-13H,5H2,1H3;1H. The van der Waals surface area contributed by atoms with Crippen LogP contribution in [0.1, 0.15) is 11.6 Å². The molecule has 0 aliphatic heterocycles. The van der Waals surface area contributed by atoms with Crippen molar-refractivity contribution in [1.29, 1.82) is 0 Å². The molecule has 0 fully saturated rings. The van der Waals surface area contributed by atoms with Crippen LogP contribution in [0.15, 0.2) is 18.2 Å². The molecule has 0 bridgehead atoms. The Labute approximate surface area is 93.5 Å². The molecule has 0 aliphatic rings. The van der Waals surface area contributed by atoms with Crippen LogP contribution in [0.2, 0.25) is 5.02 Å². The molecule has 0 heterocycles. The minimum absolute atomic E-state index is 0. The molecule has 0 saturated heterocycles. The van der Waals surface area contributed by atoms with Crippen LogP contribution >= 0.6 is 24.0 Å². The van der Waals surface area contributed by atoms with E-state index in [2.05, 4.69) is 5.32 Å². The maximum absolute atomic E-state index is 12.8. The molecule has 0 aromatic heterocycles. The summed E-state index contributed by atoms with van der Waals surface area (Å²) in [6, 6.07) is 4.20. The van der Waals surface area contributed by atoms with Crippen LogP contribution in [-0.4, -0.2) is 18.8 Å². The Kier molecular flexibility index (Phi) is 6.04. The zero-order valence-corrected chi connectivity index (χ0v) is 9.20. The van der Waals surface area contributed by atoms with Gasteiger partial charge in [-0.15, -0.1) is 12.4 Å². The van der Waals surface area contributed by atoms with E-state index in [-0.39, 0.29) is 30.1 Å². The van der Waals surface area contributed by atoms with E-state index in [4.69, 9.17) is 16.7 Å². The Bertz CT molecular complexity index is 292. The largest absolute Gasteiger partial charge is 0.394 e. The van der Waals surface area contributed by atoms with Gasteiger partial charge in [-0.1, -0.05) is 17.7 Å². The third-order valence-electron chi connectivity index (χ3n) is 1.88. The summed E-state index contributed by atoms with van der Waals surface area (Å²) in [5, 5.41) is 11.9. The molecule has 1 atom stereocenters. The highest BCUT2D eigenvalue weighted by molar-refractivity contribution is 6.30. The van der Waals surface area contributed by atoms with Gasteiger partial charge in [-0.2, -0.15) is 0 Å². The monoisotopic (exact) mass is 239 g/mol. The molecule has 2 N–H and O–H groups in total. The van der Waals surface area contributed by atoms with Crippen molar-refractivity contribution in [2.75, 3.05) is 13.7 Å². The van der Waals surface area contributed by atoms with Gasteiger partial charge in [-0.05, 0) is 24.7 Å². The van der Waals surface area contributed by atoms with Crippen LogP contribution in [0.5, 0.6) is 0 Å². The van der Waals surface area contributed by atoms with Gasteiger partial charge in [0.15, 0.2) is 0 Å². The van der Waals surface area contributed by atoms with Crippen molar-refractivity contribution < 1.29 is 9.50 Å². The van der Waals surface area contributed by atoms with E-state index < -0.39 is 5.82 Å². The second-order valence-corrected chi connectivity index (χ2v) is 3.10. The highest BCUT2D eigenvalue weighted by Gasteiger charge is 2.09. The van der Waals surface area contributed by atoms with Crippen LogP contribution < -0.4 is 5.32 Å². The van der Waals surface area contributed by atoms with E-state index >= 15 is 0 Å². The molecular weight excluding hydrogens is 228 g/mol. The van der Waals surface area contributed by atoms with E-state index in [1.165, 1.54) is 12.1 Å². The van der Waals surface area contributed by atoms with E-state index in [1.807, 2.05) is 0 Å². The average Bonchev–Trinajstić information content (AvgIpc) is 2.13. The summed E-state index contributed by atoms with van der Waals surface area (Å²) >= 11 is 5.59. The Hall–Kier alpha value is -0.350. The number of hydrogen-bond acceptors (Lipinski definition) is 2. The molecule has 0 radical (unpaired) electrons. The average molecular weight is 240 g/mol. The molecule has 1 aromatic carbocycles. The minimum Gasteiger partial charge on any atom is -0.394 e. The van der Waals surface area contributed by atoms with Crippen molar-refractivity contribution >= 4 is 24.0 Å². The van der Waals surface area contributed by atoms with Gasteiger partial charge >= 0.3 is 0 Å². The maximum Gasteiger partial charge on any atom is 0.141 e. The van der Waals surface area contributed by atoms with Gasteiger partial charge in [0.1, 0.15) is 5.82 Å². The molecular formula is C9H12Cl2FNO. The van der Waals surface area contributed by atoms with Gasteiger partial charge in [-0.3, -0.25) is 0 Å². The SMILES string of the molecule is CNC(CO)c1ccc(F)c(Cl)c1.Cl. The smallest absolute Gasteiger partial charge is 0.141 e. The van der Waals surface area contributed by atoms with E-state index in [1.54, 1.807) is 13.1 Å². The first-order chi connectivity index (χ1) is 6.19. The predicted octanol–water partition coefficient (Wildman–Crippen LogP) is 2.15. The molecule has 1 aromatic rings. The summed E-state index contributed by atoms with van der Waals surface area (Å²) in [5.41, 5.74) is 0.774. The lowest BCUT2D eigenvalue weighted by molar-refractivity contribution is 0.251. The summed E-state index contributed by atoms with van der Waals surface area (Å²) in [7, 11) is 1.72. The van der Waals surface area contributed by atoms with Gasteiger partial charge < -0.3 is 10.4 Å². The van der Waals surface area contributed by atoms with Crippen molar-refractivity contribution in [3.05, 3.63) is 34.6 Å². The summed E-state index contributed by atoms with van der Waals surface area (Å²) in [6.45, 7) is -0.0432. The highest BCUT2D eigenvalue weighted by atomic mass is 35.5. The molecule has 0 spiro atoms. The van der Waals surface area contributed by atoms with Crippen molar-refractivity contribution in [2.45, 2.75) is 6.04 Å². The molecule has 1 rings (SSSR count). The number of aliphatic hydroxyl groups is 1. The first kappa shape index (κ1) is 13.7. The fraction of sp³-hybridized carbons (Fsp3) is 0.333. The lowest BCUT2D eigenvalue weighted by atomic mass is 10.1. The lowest BCUT2D eigenvalue weighted by Gasteiger charge is -2.13. The molecule has 14 heavy (non-hydrogen) atoms. The first-order valence-electron chi connectivity index (χ1n) is 3.92. The second kappa shape index (κ2) is 6.19. The zero-order chi connectivity index (χ0) is 9.84. The van der Waals surface area contributed by atoms with Crippen molar-refractivity contribution in [3.63, 3.8) is 0 Å². The molecule has 0 amide bonds. The quantitative estimate of drug-likeness (QED) is 0.848. The third-order valence-corrected chi connectivity index (χ3v) is 2.17. The van der Waals surface area contributed by atoms with Crippen molar-refractivity contribution in [1.82, 2.24) is 5.32 Å². The number of hydrogen-bond donors (Lipinski definition) is 2. The van der Waals surface area contributed by atoms with Crippen LogP contribution in [0.4, 0.5) is 4.39 Å². The van der Waals surface area contributed by atoms with Crippen molar-refractivity contribution in [2.24, 2.45) is 0 Å². The molecule has 80 valence electrons. The summed E-state index contributed by atoms with van der Waals surface area (Å²) in [5.74, 6) is -0.446. The van der Waals surface area contributed by atoms with E-state index in [9.17, 15) is 4.39 Å². The molecule has 0 saturated carbocycles. The van der Waals surface area contributed by atoms with Crippen molar-refractivity contribution in [3.8, 4) is 0 Å². The number of aliphatic hydroxyl groups excluding tert-OH is 1. The number of nitrogens with one attached hydrogen (secondary N) is 1. The fourth-order valence-corrected chi connectivity index (χ4v) is 1.28. The molecule has 0 aliphatic carbocycles. The fourth-order valence-electron chi connectivity index (χ4n) is 1.09. The van der Waals surface area contributed by atoms with E-state index in [0.29, 0.717) is 0 Å². The van der Waals surface area contributed by atoms with Gasteiger partial charge in [-0.25, -0.2) is 4.39 Å². The topological polar surface area (TPSA) is 32.3 Å². The second-order valence-electron chi connectivity index (χ2n) is 2.70. The highest BCUT2D eigenvalue weighted by Crippen LogP contribution is 2.20. The number of halogens is 3. The Balaban J connectivity index is 0.00000169. The molecule has 1 unspecified atom stereocenters. The van der Waals surface area contributed by atoms with E-state index in [0.717, 1.165) is 5.56 Å². The molecule has 5 heteroatoms. The predicted molar refractivity (Wildman–Crippen MR) is 57.5 cm³/mol. The number of likely N-dealkylation sites (N-methyl/N-ethyl adjacent to an activating group) is 1. The number of benzene rings is 1. The normalized spacial score (nSPS) is 12.0. The lowest BCUT2D eigenvalue weighted by Crippen LogP contribution is -2.19. The zero-order valence-electron chi connectivity index (χ0n) is 7.63. The van der Waals surface area contributed by atoms with Gasteiger partial charge in [0.25, 0.3) is 0 Å². The van der Waals surface area contributed by atoms with Gasteiger partial charge in [0.05, 0.1) is 17.7 Å². The van der Waals surface area contributed by atoms with Gasteiger partial charge in [0.2, 0.25) is 0 Å². The van der Waals surface area contributed by atoms with Gasteiger partial charge in [0, 0.05) is 0 Å². The third kappa shape index (κ3) is 3.10. The Morgan fingerprint density at radius 3 is 2.64 bits per heavy atom. The Morgan fingerprint density at radius 1 is 1.57 bits per heavy atom. The first-order valence-corrected chi connectivity index (χ1v) is 4.30. The summed E-state index contributed by atoms with van der Waals surface area (Å²) in [4.78, 5) is 0. The minimum atomic E-state index is -0.446. The number of rotatable bonds is 3. The van der Waals surface area contributed by atoms with Crippen LogP contribution in [0.3, 0.4) is 0 Å². The Morgan fingerprint density at radius 2 is 2.21 bits per heavy atom. The summed E-state index contributed by atoms with van der Waals surface area (Å²) < 4.78 is 12.8. The summed E-state index contributed by atoms with van der Waals surface area (Å²) in [6.07, 6.45) is 0.